The van der Waals surface area contributed by atoms with Crippen molar-refractivity contribution in [3.63, 3.8) is 0 Å². The maximum atomic E-state index is 13.7. The van der Waals surface area contributed by atoms with Gasteiger partial charge >= 0.3 is 0 Å². The Kier molecular flexibility index (Phi) is 4.18. The summed E-state index contributed by atoms with van der Waals surface area (Å²) < 4.78 is 15.2. The van der Waals surface area contributed by atoms with Gasteiger partial charge in [0.1, 0.15) is 23.8 Å². The third kappa shape index (κ3) is 2.93. The molecule has 0 atom stereocenters. The highest BCUT2D eigenvalue weighted by Gasteiger charge is 2.18. The van der Waals surface area contributed by atoms with Gasteiger partial charge in [-0.05, 0) is 31.2 Å². The summed E-state index contributed by atoms with van der Waals surface area (Å²) in [6, 6.07) is 7.77. The zero-order valence-electron chi connectivity index (χ0n) is 12.6. The molecular formula is C16H13ClFN5O. The first kappa shape index (κ1) is 15.9. The van der Waals surface area contributed by atoms with E-state index >= 15 is 0 Å². The predicted octanol–water partition coefficient (Wildman–Crippen LogP) is 3.20. The van der Waals surface area contributed by atoms with Gasteiger partial charge < -0.3 is 11.1 Å². The summed E-state index contributed by atoms with van der Waals surface area (Å²) in [5.74, 6) is -0.456. The summed E-state index contributed by atoms with van der Waals surface area (Å²) in [6.45, 7) is 1.63. The summed E-state index contributed by atoms with van der Waals surface area (Å²) >= 11 is 5.75. The summed E-state index contributed by atoms with van der Waals surface area (Å²) in [6.07, 6.45) is 2.79. The fourth-order valence-electron chi connectivity index (χ4n) is 2.21. The number of amides is 1. The largest absolute Gasteiger partial charge is 0.383 e. The molecule has 8 heteroatoms. The Bertz CT molecular complexity index is 907. The molecule has 0 aliphatic heterocycles. The number of nitrogen functional groups attached to an aromatic ring is 1. The molecule has 0 saturated carbocycles. The minimum Gasteiger partial charge on any atom is -0.383 e. The number of hydrogen-bond acceptors (Lipinski definition) is 4. The van der Waals surface area contributed by atoms with Gasteiger partial charge in [-0.15, -0.1) is 0 Å². The fourth-order valence-corrected chi connectivity index (χ4v) is 2.32. The SMILES string of the molecule is Cc1c(F)cccc1-n1cnc(C(=O)Nc2ccc(Cl)cn2)c1N. The molecule has 0 aliphatic rings. The van der Waals surface area contributed by atoms with Crippen LogP contribution in [0.2, 0.25) is 5.02 Å². The van der Waals surface area contributed by atoms with Crippen LogP contribution < -0.4 is 11.1 Å². The van der Waals surface area contributed by atoms with Crippen LogP contribution in [0.1, 0.15) is 16.1 Å². The van der Waals surface area contributed by atoms with Crippen LogP contribution in [0.4, 0.5) is 16.0 Å². The topological polar surface area (TPSA) is 85.8 Å². The first-order valence-electron chi connectivity index (χ1n) is 6.98. The lowest BCUT2D eigenvalue weighted by molar-refractivity contribution is 0.102. The molecule has 0 fully saturated rings. The molecule has 6 nitrogen and oxygen atoms in total. The third-order valence-corrected chi connectivity index (χ3v) is 3.71. The molecule has 0 bridgehead atoms. The van der Waals surface area contributed by atoms with Crippen molar-refractivity contribution in [1.29, 1.82) is 0 Å². The molecule has 2 heterocycles. The molecule has 3 aromatic rings. The monoisotopic (exact) mass is 345 g/mol. The zero-order chi connectivity index (χ0) is 17.3. The summed E-state index contributed by atoms with van der Waals surface area (Å²) in [4.78, 5) is 20.3. The Morgan fingerprint density at radius 1 is 1.29 bits per heavy atom. The standard InChI is InChI=1S/C16H13ClFN5O/c1-9-11(18)3-2-4-12(9)23-8-21-14(15(23)19)16(24)22-13-6-5-10(17)7-20-13/h2-8H,19H2,1H3,(H,20,22,24). The van der Waals surface area contributed by atoms with Crippen LogP contribution >= 0.6 is 11.6 Å². The molecule has 3 N–H and O–H groups in total. The van der Waals surface area contributed by atoms with Gasteiger partial charge in [0.25, 0.3) is 5.91 Å². The van der Waals surface area contributed by atoms with E-state index in [0.717, 1.165) is 0 Å². The van der Waals surface area contributed by atoms with Gasteiger partial charge in [-0.1, -0.05) is 17.7 Å². The van der Waals surface area contributed by atoms with Crippen LogP contribution in [0.5, 0.6) is 0 Å². The fraction of sp³-hybridized carbons (Fsp3) is 0.0625. The number of hydrogen-bond donors (Lipinski definition) is 2. The molecular weight excluding hydrogens is 333 g/mol. The molecule has 0 spiro atoms. The minimum absolute atomic E-state index is 0.0235. The zero-order valence-corrected chi connectivity index (χ0v) is 13.4. The molecule has 0 saturated heterocycles. The average molecular weight is 346 g/mol. The van der Waals surface area contributed by atoms with E-state index in [4.69, 9.17) is 17.3 Å². The molecule has 2 aromatic heterocycles. The Morgan fingerprint density at radius 2 is 2.08 bits per heavy atom. The Hall–Kier alpha value is -2.93. The lowest BCUT2D eigenvalue weighted by Crippen LogP contribution is -2.16. The van der Waals surface area contributed by atoms with Crippen LogP contribution in [0, 0.1) is 12.7 Å². The Balaban J connectivity index is 1.91. The Morgan fingerprint density at radius 3 is 2.79 bits per heavy atom. The summed E-state index contributed by atoms with van der Waals surface area (Å²) in [5.41, 5.74) is 6.96. The highest BCUT2D eigenvalue weighted by atomic mass is 35.5. The van der Waals surface area contributed by atoms with Crippen LogP contribution in [0.3, 0.4) is 0 Å². The normalized spacial score (nSPS) is 10.6. The van der Waals surface area contributed by atoms with E-state index in [0.29, 0.717) is 22.1 Å². The Labute approximate surface area is 142 Å². The van der Waals surface area contributed by atoms with Gasteiger partial charge in [0.2, 0.25) is 0 Å². The number of anilines is 2. The molecule has 24 heavy (non-hydrogen) atoms. The van der Waals surface area contributed by atoms with Crippen molar-refractivity contribution in [2.45, 2.75) is 6.92 Å². The van der Waals surface area contributed by atoms with E-state index in [9.17, 15) is 9.18 Å². The lowest BCUT2D eigenvalue weighted by atomic mass is 10.2. The van der Waals surface area contributed by atoms with Gasteiger partial charge in [0.05, 0.1) is 10.7 Å². The third-order valence-electron chi connectivity index (χ3n) is 3.49. The quantitative estimate of drug-likeness (QED) is 0.763. The number of aromatic nitrogens is 3. The first-order chi connectivity index (χ1) is 11.5. The van der Waals surface area contributed by atoms with Crippen LogP contribution in [-0.4, -0.2) is 20.4 Å². The van der Waals surface area contributed by atoms with E-state index in [-0.39, 0.29) is 17.3 Å². The predicted molar refractivity (Wildman–Crippen MR) is 89.9 cm³/mol. The lowest BCUT2D eigenvalue weighted by Gasteiger charge is -2.09. The number of imidazole rings is 1. The second kappa shape index (κ2) is 6.29. The van der Waals surface area contributed by atoms with E-state index in [1.54, 1.807) is 31.2 Å². The van der Waals surface area contributed by atoms with Crippen LogP contribution in [0.25, 0.3) is 5.69 Å². The van der Waals surface area contributed by atoms with Gasteiger partial charge in [-0.25, -0.2) is 14.4 Å². The van der Waals surface area contributed by atoms with Crippen molar-refractivity contribution in [3.05, 3.63) is 65.0 Å². The molecule has 0 radical (unpaired) electrons. The van der Waals surface area contributed by atoms with Crippen molar-refractivity contribution in [2.75, 3.05) is 11.1 Å². The number of rotatable bonds is 3. The van der Waals surface area contributed by atoms with E-state index in [1.165, 1.54) is 23.2 Å². The molecule has 0 unspecified atom stereocenters. The van der Waals surface area contributed by atoms with Crippen LogP contribution in [0.15, 0.2) is 42.9 Å². The van der Waals surface area contributed by atoms with Crippen molar-refractivity contribution >= 4 is 29.1 Å². The second-order valence-electron chi connectivity index (χ2n) is 5.05. The maximum absolute atomic E-state index is 13.7. The van der Waals surface area contributed by atoms with Gasteiger partial charge in [0.15, 0.2) is 5.69 Å². The summed E-state index contributed by atoms with van der Waals surface area (Å²) in [5, 5.41) is 3.04. The number of pyridine rings is 1. The minimum atomic E-state index is -0.518. The van der Waals surface area contributed by atoms with Crippen molar-refractivity contribution < 1.29 is 9.18 Å². The van der Waals surface area contributed by atoms with E-state index in [1.807, 2.05) is 0 Å². The number of carbonyl (C=O) groups excluding carboxylic acids is 1. The second-order valence-corrected chi connectivity index (χ2v) is 5.48. The highest BCUT2D eigenvalue weighted by Crippen LogP contribution is 2.22. The van der Waals surface area contributed by atoms with E-state index in [2.05, 4.69) is 15.3 Å². The first-order valence-corrected chi connectivity index (χ1v) is 7.36. The van der Waals surface area contributed by atoms with Gasteiger partial charge in [-0.2, -0.15) is 0 Å². The number of nitrogens with two attached hydrogens (primary N) is 1. The smallest absolute Gasteiger partial charge is 0.279 e. The van der Waals surface area contributed by atoms with Crippen LogP contribution in [-0.2, 0) is 0 Å². The molecule has 3 rings (SSSR count). The van der Waals surface area contributed by atoms with Crippen molar-refractivity contribution in [1.82, 2.24) is 14.5 Å². The molecule has 1 aromatic carbocycles. The molecule has 122 valence electrons. The number of nitrogens with zero attached hydrogens (tertiary/aromatic N) is 3. The maximum Gasteiger partial charge on any atom is 0.279 e. The summed E-state index contributed by atoms with van der Waals surface area (Å²) in [7, 11) is 0. The van der Waals surface area contributed by atoms with Crippen molar-refractivity contribution in [2.24, 2.45) is 0 Å². The van der Waals surface area contributed by atoms with Crippen molar-refractivity contribution in [3.8, 4) is 5.69 Å². The highest BCUT2D eigenvalue weighted by molar-refractivity contribution is 6.30. The molecule has 1 amide bonds. The van der Waals surface area contributed by atoms with Gasteiger partial charge in [-0.3, -0.25) is 9.36 Å². The van der Waals surface area contributed by atoms with E-state index < -0.39 is 5.91 Å². The number of halogens is 2. The number of nitrogens with one attached hydrogen (secondary N) is 1. The van der Waals surface area contributed by atoms with Gasteiger partial charge in [0, 0.05) is 11.8 Å². The average Bonchev–Trinajstić information content (AvgIpc) is 2.94. The molecule has 0 aliphatic carbocycles. The number of carbonyl (C=O) groups is 1. The number of benzene rings is 1.